The predicted molar refractivity (Wildman–Crippen MR) is 105 cm³/mol. The number of esters is 1. The van der Waals surface area contributed by atoms with E-state index in [4.69, 9.17) is 10.00 Å². The number of nitrogens with zero attached hydrogens (tertiary/aromatic N) is 5. The van der Waals surface area contributed by atoms with Crippen LogP contribution in [0.3, 0.4) is 0 Å². The van der Waals surface area contributed by atoms with Crippen LogP contribution < -0.4 is 5.56 Å². The number of halogens is 2. The van der Waals surface area contributed by atoms with Gasteiger partial charge in [-0.25, -0.2) is 4.79 Å². The molecule has 1 aromatic carbocycles. The Kier molecular flexibility index (Phi) is 6.67. The van der Waals surface area contributed by atoms with Crippen LogP contribution in [0.25, 0.3) is 0 Å². The Bertz CT molecular complexity index is 1120. The van der Waals surface area contributed by atoms with E-state index in [1.54, 1.807) is 6.07 Å². The van der Waals surface area contributed by atoms with Crippen molar-refractivity contribution < 1.29 is 14.6 Å². The van der Waals surface area contributed by atoms with E-state index >= 15 is 0 Å². The van der Waals surface area contributed by atoms with Gasteiger partial charge in [0.2, 0.25) is 5.88 Å². The molecule has 0 bridgehead atoms. The van der Waals surface area contributed by atoms with E-state index in [9.17, 15) is 20.0 Å². The van der Waals surface area contributed by atoms with Gasteiger partial charge in [-0.1, -0.05) is 0 Å². The molecule has 9 nitrogen and oxygen atoms in total. The van der Waals surface area contributed by atoms with Crippen molar-refractivity contribution in [3.05, 3.63) is 48.1 Å². The normalized spacial score (nSPS) is 10.5. The first-order valence-corrected chi connectivity index (χ1v) is 9.09. The van der Waals surface area contributed by atoms with Gasteiger partial charge in [0, 0.05) is 21.6 Å². The van der Waals surface area contributed by atoms with Crippen molar-refractivity contribution in [1.29, 1.82) is 10.5 Å². The van der Waals surface area contributed by atoms with Crippen molar-refractivity contribution in [3.8, 4) is 18.0 Å². The fraction of sp³-hybridized carbons (Fsp3) is 0.176. The minimum Gasteiger partial charge on any atom is -0.493 e. The van der Waals surface area contributed by atoms with E-state index in [1.807, 2.05) is 6.07 Å². The maximum Gasteiger partial charge on any atom is 0.339 e. The monoisotopic (exact) mass is 507 g/mol. The molecule has 0 saturated heterocycles. The van der Waals surface area contributed by atoms with E-state index in [0.717, 1.165) is 4.57 Å². The van der Waals surface area contributed by atoms with Crippen molar-refractivity contribution in [3.63, 3.8) is 0 Å². The standard InChI is InChI=1S/C17H11Br2N5O4/c1-8-10(7-21)15(25)24(2)16(26)13(8)22-23-14-11(18)5-9(6-12(14)19)17(27)28-4-3-20/h5-6,25H,4H2,1-2H3. The molecule has 0 radical (unpaired) electrons. The highest BCUT2D eigenvalue weighted by Crippen LogP contribution is 2.36. The molecule has 2 rings (SSSR count). The molecule has 28 heavy (non-hydrogen) atoms. The molecule has 0 fully saturated rings. The summed E-state index contributed by atoms with van der Waals surface area (Å²) in [5, 5.41) is 35.5. The minimum atomic E-state index is -0.687. The first-order chi connectivity index (χ1) is 13.2. The molecule has 11 heteroatoms. The van der Waals surface area contributed by atoms with E-state index in [-0.39, 0.29) is 34.7 Å². The average Bonchev–Trinajstić information content (AvgIpc) is 2.66. The van der Waals surface area contributed by atoms with Gasteiger partial charge < -0.3 is 9.84 Å². The summed E-state index contributed by atoms with van der Waals surface area (Å²) >= 11 is 6.53. The zero-order valence-electron chi connectivity index (χ0n) is 14.5. The summed E-state index contributed by atoms with van der Waals surface area (Å²) < 4.78 is 6.40. The number of benzene rings is 1. The lowest BCUT2D eigenvalue weighted by Crippen LogP contribution is -2.18. The van der Waals surface area contributed by atoms with E-state index in [0.29, 0.717) is 8.95 Å². The molecule has 0 atom stereocenters. The quantitative estimate of drug-likeness (QED) is 0.490. The molecular formula is C17H11Br2N5O4. The second-order valence-electron chi connectivity index (χ2n) is 5.37. The lowest BCUT2D eigenvalue weighted by atomic mass is 10.1. The fourth-order valence-corrected chi connectivity index (χ4v) is 3.53. The summed E-state index contributed by atoms with van der Waals surface area (Å²) in [5.41, 5.74) is -0.156. The number of carbonyl (C=O) groups is 1. The summed E-state index contributed by atoms with van der Waals surface area (Å²) in [7, 11) is 1.31. The van der Waals surface area contributed by atoms with Crippen LogP contribution in [-0.4, -0.2) is 22.2 Å². The summed E-state index contributed by atoms with van der Waals surface area (Å²) in [6.07, 6.45) is 0. The minimum absolute atomic E-state index is 0.0789. The average molecular weight is 509 g/mol. The molecule has 0 spiro atoms. The van der Waals surface area contributed by atoms with E-state index in [1.165, 1.54) is 26.1 Å². The van der Waals surface area contributed by atoms with E-state index < -0.39 is 17.4 Å². The van der Waals surface area contributed by atoms with Crippen LogP contribution >= 0.6 is 31.9 Å². The number of carbonyl (C=O) groups excluding carboxylic acids is 1. The number of pyridine rings is 1. The predicted octanol–water partition coefficient (Wildman–Crippen LogP) is 3.89. The summed E-state index contributed by atoms with van der Waals surface area (Å²) in [6.45, 7) is 1.10. The van der Waals surface area contributed by atoms with Gasteiger partial charge in [-0.15, -0.1) is 10.2 Å². The van der Waals surface area contributed by atoms with Gasteiger partial charge in [0.05, 0.1) is 5.56 Å². The van der Waals surface area contributed by atoms with Crippen LogP contribution in [0.4, 0.5) is 11.4 Å². The van der Waals surface area contributed by atoms with E-state index in [2.05, 4.69) is 42.1 Å². The van der Waals surface area contributed by atoms with Gasteiger partial charge in [0.15, 0.2) is 12.3 Å². The van der Waals surface area contributed by atoms with Crippen LogP contribution in [-0.2, 0) is 11.8 Å². The van der Waals surface area contributed by atoms with Gasteiger partial charge in [-0.2, -0.15) is 10.5 Å². The number of ether oxygens (including phenoxy) is 1. The topological polar surface area (TPSA) is 141 Å². The maximum atomic E-state index is 12.3. The molecule has 142 valence electrons. The molecule has 0 saturated carbocycles. The van der Waals surface area contributed by atoms with Crippen LogP contribution in [0.15, 0.2) is 36.1 Å². The van der Waals surface area contributed by atoms with Crippen LogP contribution in [0, 0.1) is 29.6 Å². The second-order valence-corrected chi connectivity index (χ2v) is 7.08. The van der Waals surface area contributed by atoms with Gasteiger partial charge in [-0.05, 0) is 50.9 Å². The molecule has 1 heterocycles. The fourth-order valence-electron chi connectivity index (χ4n) is 2.18. The molecule has 0 unspecified atom stereocenters. The summed E-state index contributed by atoms with van der Waals surface area (Å²) in [6, 6.07) is 6.39. The SMILES string of the molecule is Cc1c(C#N)c(O)n(C)c(=O)c1N=Nc1c(Br)cc(C(=O)OCC#N)cc1Br. The van der Waals surface area contributed by atoms with Gasteiger partial charge >= 0.3 is 5.97 Å². The highest BCUT2D eigenvalue weighted by Gasteiger charge is 2.18. The summed E-state index contributed by atoms with van der Waals surface area (Å²) in [4.78, 5) is 24.2. The first kappa shape index (κ1) is 21.3. The van der Waals surface area contributed by atoms with Gasteiger partial charge in [0.1, 0.15) is 23.4 Å². The number of rotatable bonds is 4. The molecule has 0 amide bonds. The third-order valence-corrected chi connectivity index (χ3v) is 4.87. The molecule has 0 aliphatic heterocycles. The third kappa shape index (κ3) is 4.11. The Morgan fingerprint density at radius 1 is 1.25 bits per heavy atom. The molecular weight excluding hydrogens is 498 g/mol. The van der Waals surface area contributed by atoms with Crippen molar-refractivity contribution in [1.82, 2.24) is 4.57 Å². The number of hydrogen-bond acceptors (Lipinski definition) is 8. The van der Waals surface area contributed by atoms with Crippen molar-refractivity contribution in [2.75, 3.05) is 6.61 Å². The lowest BCUT2D eigenvalue weighted by molar-refractivity contribution is 0.0555. The highest BCUT2D eigenvalue weighted by molar-refractivity contribution is 9.11. The number of azo groups is 1. The van der Waals surface area contributed by atoms with Gasteiger partial charge in [-0.3, -0.25) is 9.36 Å². The molecule has 1 N–H and O–H groups in total. The second kappa shape index (κ2) is 8.78. The Labute approximate surface area is 175 Å². The van der Waals surface area contributed by atoms with Crippen LogP contribution in [0.1, 0.15) is 21.5 Å². The molecule has 2 aromatic rings. The Morgan fingerprint density at radius 2 is 1.82 bits per heavy atom. The smallest absolute Gasteiger partial charge is 0.339 e. The van der Waals surface area contributed by atoms with Crippen molar-refractivity contribution in [2.45, 2.75) is 6.92 Å². The Balaban J connectivity index is 2.51. The van der Waals surface area contributed by atoms with Crippen LogP contribution in [0.2, 0.25) is 0 Å². The first-order valence-electron chi connectivity index (χ1n) is 7.50. The molecule has 1 aromatic heterocycles. The number of hydrogen-bond donors (Lipinski definition) is 1. The number of aromatic nitrogens is 1. The van der Waals surface area contributed by atoms with Crippen LogP contribution in [0.5, 0.6) is 5.88 Å². The highest BCUT2D eigenvalue weighted by atomic mass is 79.9. The van der Waals surface area contributed by atoms with Crippen molar-refractivity contribution >= 4 is 49.2 Å². The number of aromatic hydroxyl groups is 1. The zero-order chi connectivity index (χ0) is 21.0. The summed E-state index contributed by atoms with van der Waals surface area (Å²) in [5.74, 6) is -1.14. The maximum absolute atomic E-state index is 12.3. The number of nitriles is 2. The lowest BCUT2D eigenvalue weighted by Gasteiger charge is -2.09. The Morgan fingerprint density at radius 3 is 2.36 bits per heavy atom. The Hall–Kier alpha value is -3.02. The van der Waals surface area contributed by atoms with Gasteiger partial charge in [0.25, 0.3) is 5.56 Å². The molecule has 0 aliphatic carbocycles. The largest absolute Gasteiger partial charge is 0.493 e. The van der Waals surface area contributed by atoms with Crippen molar-refractivity contribution in [2.24, 2.45) is 17.3 Å². The molecule has 0 aliphatic rings. The third-order valence-electron chi connectivity index (χ3n) is 3.66. The zero-order valence-corrected chi connectivity index (χ0v) is 17.7.